The van der Waals surface area contributed by atoms with Crippen LogP contribution in [0.15, 0.2) is 42.5 Å². The lowest BCUT2D eigenvalue weighted by atomic mass is 10.0. The number of fused-ring (bicyclic) bond motifs is 1. The molecule has 2 aromatic carbocycles. The minimum Gasteiger partial charge on any atom is -0.394 e. The summed E-state index contributed by atoms with van der Waals surface area (Å²) in [5.41, 5.74) is 1.01. The highest BCUT2D eigenvalue weighted by Gasteiger charge is 2.15. The Bertz CT molecular complexity index is 587. The molecule has 20 heavy (non-hydrogen) atoms. The van der Waals surface area contributed by atoms with Crippen LogP contribution in [0.3, 0.4) is 0 Å². The molecule has 0 bridgehead atoms. The van der Waals surface area contributed by atoms with Gasteiger partial charge in [0.2, 0.25) is 5.91 Å². The van der Waals surface area contributed by atoms with Gasteiger partial charge in [-0.05, 0) is 22.3 Å². The first-order valence-electron chi connectivity index (χ1n) is 6.98. The first-order valence-corrected chi connectivity index (χ1v) is 6.98. The summed E-state index contributed by atoms with van der Waals surface area (Å²) in [7, 11) is 0. The standard InChI is InChI=1S/C17H21NO2/c1-12(2)16(11-19)18-17(20)10-14-8-5-7-13-6-3-4-9-15(13)14/h3-9,12,16,19H,10-11H2,1-2H3,(H,18,20)/t16-/m1/s1. The second-order valence-electron chi connectivity index (χ2n) is 5.42. The fourth-order valence-corrected chi connectivity index (χ4v) is 2.30. The molecule has 2 aromatic rings. The van der Waals surface area contributed by atoms with Crippen molar-refractivity contribution >= 4 is 16.7 Å². The van der Waals surface area contributed by atoms with E-state index < -0.39 is 0 Å². The maximum atomic E-state index is 12.1. The Balaban J connectivity index is 2.14. The van der Waals surface area contributed by atoms with Crippen LogP contribution < -0.4 is 5.32 Å². The second-order valence-corrected chi connectivity index (χ2v) is 5.42. The SMILES string of the molecule is CC(C)[C@@H](CO)NC(=O)Cc1cccc2ccccc12. The monoisotopic (exact) mass is 271 g/mol. The average Bonchev–Trinajstić information content (AvgIpc) is 2.45. The normalized spacial score (nSPS) is 12.6. The number of aliphatic hydroxyl groups is 1. The minimum atomic E-state index is -0.183. The first-order chi connectivity index (χ1) is 9.61. The molecule has 0 aliphatic rings. The van der Waals surface area contributed by atoms with E-state index >= 15 is 0 Å². The predicted molar refractivity (Wildman–Crippen MR) is 81.5 cm³/mol. The van der Waals surface area contributed by atoms with E-state index in [0.29, 0.717) is 6.42 Å². The smallest absolute Gasteiger partial charge is 0.224 e. The van der Waals surface area contributed by atoms with E-state index in [-0.39, 0.29) is 24.5 Å². The molecular weight excluding hydrogens is 250 g/mol. The van der Waals surface area contributed by atoms with Crippen molar-refractivity contribution in [2.24, 2.45) is 5.92 Å². The van der Waals surface area contributed by atoms with E-state index in [1.807, 2.05) is 56.3 Å². The quantitative estimate of drug-likeness (QED) is 0.878. The van der Waals surface area contributed by atoms with E-state index in [1.165, 1.54) is 0 Å². The van der Waals surface area contributed by atoms with Crippen LogP contribution in [0.5, 0.6) is 0 Å². The fraction of sp³-hybridized carbons (Fsp3) is 0.353. The number of nitrogens with one attached hydrogen (secondary N) is 1. The number of benzene rings is 2. The van der Waals surface area contributed by atoms with Gasteiger partial charge in [-0.3, -0.25) is 4.79 Å². The summed E-state index contributed by atoms with van der Waals surface area (Å²) >= 11 is 0. The lowest BCUT2D eigenvalue weighted by Gasteiger charge is -2.20. The van der Waals surface area contributed by atoms with Gasteiger partial charge in [0.15, 0.2) is 0 Å². The molecule has 0 aliphatic heterocycles. The number of rotatable bonds is 5. The number of hydrogen-bond donors (Lipinski definition) is 2. The Morgan fingerprint density at radius 3 is 2.55 bits per heavy atom. The lowest BCUT2D eigenvalue weighted by Crippen LogP contribution is -2.41. The third-order valence-corrected chi connectivity index (χ3v) is 3.58. The molecule has 106 valence electrons. The zero-order chi connectivity index (χ0) is 14.5. The molecule has 2 N–H and O–H groups in total. The summed E-state index contributed by atoms with van der Waals surface area (Å²) in [5.74, 6) is 0.172. The third kappa shape index (κ3) is 3.36. The molecule has 0 radical (unpaired) electrons. The molecule has 3 nitrogen and oxygen atoms in total. The third-order valence-electron chi connectivity index (χ3n) is 3.58. The van der Waals surface area contributed by atoms with Crippen molar-refractivity contribution in [1.29, 1.82) is 0 Å². The summed E-state index contributed by atoms with van der Waals surface area (Å²) in [6.45, 7) is 3.94. The van der Waals surface area contributed by atoms with Gasteiger partial charge in [0, 0.05) is 0 Å². The maximum Gasteiger partial charge on any atom is 0.224 e. The molecule has 0 saturated carbocycles. The Labute approximate surface area is 119 Å². The largest absolute Gasteiger partial charge is 0.394 e. The highest BCUT2D eigenvalue weighted by Crippen LogP contribution is 2.19. The molecule has 0 saturated heterocycles. The summed E-state index contributed by atoms with van der Waals surface area (Å²) < 4.78 is 0. The fourth-order valence-electron chi connectivity index (χ4n) is 2.30. The highest BCUT2D eigenvalue weighted by atomic mass is 16.3. The minimum absolute atomic E-state index is 0.0288. The maximum absolute atomic E-state index is 12.1. The van der Waals surface area contributed by atoms with E-state index in [4.69, 9.17) is 0 Å². The van der Waals surface area contributed by atoms with E-state index in [2.05, 4.69) is 5.32 Å². The Kier molecular flexibility index (Phi) is 4.74. The van der Waals surface area contributed by atoms with Gasteiger partial charge in [0.25, 0.3) is 0 Å². The van der Waals surface area contributed by atoms with Gasteiger partial charge in [-0.1, -0.05) is 56.3 Å². The van der Waals surface area contributed by atoms with E-state index in [1.54, 1.807) is 0 Å². The van der Waals surface area contributed by atoms with Crippen molar-refractivity contribution < 1.29 is 9.90 Å². The molecule has 0 fully saturated rings. The summed E-state index contributed by atoms with van der Waals surface area (Å²) in [4.78, 5) is 12.1. The van der Waals surface area contributed by atoms with Crippen molar-refractivity contribution in [2.75, 3.05) is 6.61 Å². The molecule has 0 heterocycles. The number of aliphatic hydroxyl groups excluding tert-OH is 1. The number of amides is 1. The van der Waals surface area contributed by atoms with Crippen LogP contribution in [0.1, 0.15) is 19.4 Å². The zero-order valence-corrected chi connectivity index (χ0v) is 12.0. The summed E-state index contributed by atoms with van der Waals surface area (Å²) in [6.07, 6.45) is 0.338. The van der Waals surface area contributed by atoms with Gasteiger partial charge in [-0.15, -0.1) is 0 Å². The molecule has 1 atom stereocenters. The van der Waals surface area contributed by atoms with Gasteiger partial charge in [0.1, 0.15) is 0 Å². The van der Waals surface area contributed by atoms with Gasteiger partial charge in [0.05, 0.1) is 19.1 Å². The van der Waals surface area contributed by atoms with Gasteiger partial charge >= 0.3 is 0 Å². The van der Waals surface area contributed by atoms with Crippen LogP contribution >= 0.6 is 0 Å². The van der Waals surface area contributed by atoms with Gasteiger partial charge < -0.3 is 10.4 Å². The number of carbonyl (C=O) groups is 1. The first kappa shape index (κ1) is 14.5. The summed E-state index contributed by atoms with van der Waals surface area (Å²) in [5, 5.41) is 14.4. The van der Waals surface area contributed by atoms with Crippen molar-refractivity contribution in [3.8, 4) is 0 Å². The molecule has 0 aromatic heterocycles. The van der Waals surface area contributed by atoms with E-state index in [9.17, 15) is 9.90 Å². The van der Waals surface area contributed by atoms with Crippen LogP contribution in [0.4, 0.5) is 0 Å². The molecule has 0 spiro atoms. The topological polar surface area (TPSA) is 49.3 Å². The van der Waals surface area contributed by atoms with Gasteiger partial charge in [-0.2, -0.15) is 0 Å². The van der Waals surface area contributed by atoms with Crippen molar-refractivity contribution in [3.05, 3.63) is 48.0 Å². The summed E-state index contributed by atoms with van der Waals surface area (Å²) in [6, 6.07) is 13.9. The van der Waals surface area contributed by atoms with Crippen molar-refractivity contribution in [2.45, 2.75) is 26.3 Å². The molecule has 0 aliphatic carbocycles. The van der Waals surface area contributed by atoms with Crippen LogP contribution in [0.25, 0.3) is 10.8 Å². The molecule has 3 heteroatoms. The predicted octanol–water partition coefficient (Wildman–Crippen LogP) is 2.52. The van der Waals surface area contributed by atoms with Crippen LogP contribution in [-0.4, -0.2) is 23.7 Å². The molecule has 2 rings (SSSR count). The second kappa shape index (κ2) is 6.53. The zero-order valence-electron chi connectivity index (χ0n) is 12.0. The van der Waals surface area contributed by atoms with Crippen molar-refractivity contribution in [1.82, 2.24) is 5.32 Å². The van der Waals surface area contributed by atoms with Crippen LogP contribution in [0.2, 0.25) is 0 Å². The Morgan fingerprint density at radius 2 is 1.85 bits per heavy atom. The van der Waals surface area contributed by atoms with E-state index in [0.717, 1.165) is 16.3 Å². The Hall–Kier alpha value is -1.87. The Morgan fingerprint density at radius 1 is 1.15 bits per heavy atom. The molecule has 1 amide bonds. The molecule has 0 unspecified atom stereocenters. The van der Waals surface area contributed by atoms with Crippen LogP contribution in [0, 0.1) is 5.92 Å². The lowest BCUT2D eigenvalue weighted by molar-refractivity contribution is -0.121. The highest BCUT2D eigenvalue weighted by molar-refractivity contribution is 5.90. The van der Waals surface area contributed by atoms with Crippen molar-refractivity contribution in [3.63, 3.8) is 0 Å². The average molecular weight is 271 g/mol. The van der Waals surface area contributed by atoms with Gasteiger partial charge in [-0.25, -0.2) is 0 Å². The number of hydrogen-bond acceptors (Lipinski definition) is 2. The number of carbonyl (C=O) groups excluding carboxylic acids is 1. The van der Waals surface area contributed by atoms with Crippen LogP contribution in [-0.2, 0) is 11.2 Å². The molecular formula is C17H21NO2.